The highest BCUT2D eigenvalue weighted by Gasteiger charge is 2.63. The summed E-state index contributed by atoms with van der Waals surface area (Å²) in [5.74, 6) is -1.79. The van der Waals surface area contributed by atoms with Gasteiger partial charge in [0.1, 0.15) is 0 Å². The molecule has 0 bridgehead atoms. The lowest BCUT2D eigenvalue weighted by Crippen LogP contribution is -2.47. The van der Waals surface area contributed by atoms with Gasteiger partial charge in [-0.15, -0.1) is 0 Å². The third kappa shape index (κ3) is 2.47. The van der Waals surface area contributed by atoms with Gasteiger partial charge in [-0.25, -0.2) is 0 Å². The third-order valence-electron chi connectivity index (χ3n) is 4.67. The van der Waals surface area contributed by atoms with E-state index >= 15 is 0 Å². The topological polar surface area (TPSA) is 53.4 Å². The zero-order valence-corrected chi connectivity index (χ0v) is 12.0. The van der Waals surface area contributed by atoms with Crippen LogP contribution in [0.5, 0.6) is 0 Å². The number of alkyl halides is 3. The Morgan fingerprint density at radius 1 is 1.36 bits per heavy atom. The first kappa shape index (κ1) is 15.3. The molecule has 0 saturated carbocycles. The number of fused-ring (bicyclic) bond motifs is 1. The zero-order valence-electron chi connectivity index (χ0n) is 12.0. The van der Waals surface area contributed by atoms with Crippen molar-refractivity contribution in [3.8, 4) is 0 Å². The molecule has 1 aliphatic heterocycles. The Kier molecular flexibility index (Phi) is 3.63. The SMILES string of the molecule is O=C(O)C1(C(F)(F)F)CCN(Cc2ccc3c(n2)CCC3)C1. The Hall–Kier alpha value is -1.63. The van der Waals surface area contributed by atoms with Crippen LogP contribution in [0.4, 0.5) is 13.2 Å². The maximum absolute atomic E-state index is 13.1. The normalized spacial score (nSPS) is 25.4. The van der Waals surface area contributed by atoms with Crippen LogP contribution in [-0.2, 0) is 24.2 Å². The number of rotatable bonds is 3. The summed E-state index contributed by atoms with van der Waals surface area (Å²) >= 11 is 0. The van der Waals surface area contributed by atoms with Crippen LogP contribution >= 0.6 is 0 Å². The molecule has 1 aromatic heterocycles. The molecule has 1 aliphatic carbocycles. The van der Waals surface area contributed by atoms with Crippen molar-refractivity contribution < 1.29 is 23.1 Å². The van der Waals surface area contributed by atoms with Crippen LogP contribution in [0, 0.1) is 5.41 Å². The quantitative estimate of drug-likeness (QED) is 0.931. The maximum Gasteiger partial charge on any atom is 0.406 e. The zero-order chi connectivity index (χ0) is 16.0. The minimum absolute atomic E-state index is 0.116. The number of aliphatic carboxylic acids is 1. The van der Waals surface area contributed by atoms with Crippen molar-refractivity contribution in [3.63, 3.8) is 0 Å². The van der Waals surface area contributed by atoms with Gasteiger partial charge in [-0.05, 0) is 37.3 Å². The average Bonchev–Trinajstić information content (AvgIpc) is 3.04. The first-order valence-electron chi connectivity index (χ1n) is 7.32. The molecular formula is C15H17F3N2O2. The lowest BCUT2D eigenvalue weighted by molar-refractivity contribution is -0.227. The predicted octanol–water partition coefficient (Wildman–Crippen LogP) is 2.41. The van der Waals surface area contributed by atoms with Gasteiger partial charge < -0.3 is 5.11 Å². The number of pyridine rings is 1. The van der Waals surface area contributed by atoms with E-state index in [2.05, 4.69) is 4.98 Å². The molecule has 0 radical (unpaired) electrons. The molecule has 22 heavy (non-hydrogen) atoms. The van der Waals surface area contributed by atoms with Crippen molar-refractivity contribution in [2.45, 2.75) is 38.4 Å². The molecular weight excluding hydrogens is 297 g/mol. The molecule has 120 valence electrons. The van der Waals surface area contributed by atoms with Crippen LogP contribution < -0.4 is 0 Å². The van der Waals surface area contributed by atoms with Gasteiger partial charge in [-0.1, -0.05) is 6.07 Å². The summed E-state index contributed by atoms with van der Waals surface area (Å²) in [4.78, 5) is 17.2. The summed E-state index contributed by atoms with van der Waals surface area (Å²) in [5.41, 5.74) is 0.297. The lowest BCUT2D eigenvalue weighted by atomic mass is 9.86. The van der Waals surface area contributed by atoms with E-state index in [1.807, 2.05) is 12.1 Å². The molecule has 0 amide bonds. The van der Waals surface area contributed by atoms with Gasteiger partial charge >= 0.3 is 12.1 Å². The van der Waals surface area contributed by atoms with E-state index in [1.165, 1.54) is 10.5 Å². The monoisotopic (exact) mass is 314 g/mol. The number of likely N-dealkylation sites (tertiary alicyclic amines) is 1. The number of hydrogen-bond acceptors (Lipinski definition) is 3. The Bertz CT molecular complexity index is 603. The lowest BCUT2D eigenvalue weighted by Gasteiger charge is -2.27. The summed E-state index contributed by atoms with van der Waals surface area (Å²) in [6.45, 7) is -0.131. The number of hydrogen-bond donors (Lipinski definition) is 1. The van der Waals surface area contributed by atoms with E-state index in [-0.39, 0.29) is 13.1 Å². The standard InChI is InChI=1S/C15H17F3N2O2/c16-15(17,18)14(13(21)22)6-7-20(9-14)8-11-5-4-10-2-1-3-12(10)19-11/h4-5H,1-3,6-9H2,(H,21,22). The van der Waals surface area contributed by atoms with Crippen LogP contribution in [0.2, 0.25) is 0 Å². The minimum Gasteiger partial charge on any atom is -0.481 e. The largest absolute Gasteiger partial charge is 0.481 e. The molecule has 2 aliphatic rings. The fourth-order valence-electron chi connectivity index (χ4n) is 3.33. The van der Waals surface area contributed by atoms with Gasteiger partial charge in [0, 0.05) is 25.3 Å². The minimum atomic E-state index is -4.74. The molecule has 1 saturated heterocycles. The Morgan fingerprint density at radius 2 is 2.14 bits per heavy atom. The predicted molar refractivity (Wildman–Crippen MR) is 72.3 cm³/mol. The van der Waals surface area contributed by atoms with Gasteiger partial charge in [-0.2, -0.15) is 13.2 Å². The smallest absolute Gasteiger partial charge is 0.406 e. The highest BCUT2D eigenvalue weighted by Crippen LogP contribution is 2.45. The van der Waals surface area contributed by atoms with E-state index < -0.39 is 30.5 Å². The Morgan fingerprint density at radius 3 is 2.77 bits per heavy atom. The summed E-state index contributed by atoms with van der Waals surface area (Å²) < 4.78 is 39.4. The second kappa shape index (κ2) is 5.22. The van der Waals surface area contributed by atoms with Crippen molar-refractivity contribution in [1.82, 2.24) is 9.88 Å². The van der Waals surface area contributed by atoms with E-state index in [0.29, 0.717) is 5.69 Å². The van der Waals surface area contributed by atoms with Crippen molar-refractivity contribution in [2.75, 3.05) is 13.1 Å². The molecule has 1 fully saturated rings. The first-order chi connectivity index (χ1) is 10.3. The number of halogens is 3. The molecule has 0 aromatic carbocycles. The van der Waals surface area contributed by atoms with Gasteiger partial charge in [-0.3, -0.25) is 14.7 Å². The molecule has 7 heteroatoms. The van der Waals surface area contributed by atoms with Crippen molar-refractivity contribution >= 4 is 5.97 Å². The van der Waals surface area contributed by atoms with Crippen LogP contribution in [0.25, 0.3) is 0 Å². The molecule has 1 aromatic rings. The Labute approximate surface area is 126 Å². The van der Waals surface area contributed by atoms with Crippen molar-refractivity contribution in [1.29, 1.82) is 0 Å². The molecule has 2 heterocycles. The molecule has 1 unspecified atom stereocenters. The van der Waals surface area contributed by atoms with Crippen LogP contribution in [-0.4, -0.2) is 40.2 Å². The van der Waals surface area contributed by atoms with E-state index in [1.54, 1.807) is 0 Å². The van der Waals surface area contributed by atoms with E-state index in [4.69, 9.17) is 5.11 Å². The summed E-state index contributed by atoms with van der Waals surface area (Å²) in [7, 11) is 0. The molecule has 3 rings (SSSR count). The van der Waals surface area contributed by atoms with Gasteiger partial charge in [0.2, 0.25) is 0 Å². The number of nitrogens with zero attached hydrogens (tertiary/aromatic N) is 2. The highest BCUT2D eigenvalue weighted by molar-refractivity contribution is 5.76. The van der Waals surface area contributed by atoms with Crippen LogP contribution in [0.1, 0.15) is 29.8 Å². The number of aromatic nitrogens is 1. The second-order valence-electron chi connectivity index (χ2n) is 6.11. The van der Waals surface area contributed by atoms with E-state index in [0.717, 1.165) is 25.0 Å². The van der Waals surface area contributed by atoms with Gasteiger partial charge in [0.05, 0.1) is 5.69 Å². The Balaban J connectivity index is 1.74. The fourth-order valence-corrected chi connectivity index (χ4v) is 3.33. The summed E-state index contributed by atoms with van der Waals surface area (Å²) in [5, 5.41) is 9.05. The number of carbonyl (C=O) groups is 1. The summed E-state index contributed by atoms with van der Waals surface area (Å²) in [6.07, 6.45) is -2.17. The maximum atomic E-state index is 13.1. The van der Waals surface area contributed by atoms with Gasteiger partial charge in [0.25, 0.3) is 0 Å². The molecule has 1 N–H and O–H groups in total. The van der Waals surface area contributed by atoms with Crippen molar-refractivity contribution in [3.05, 3.63) is 29.1 Å². The number of aryl methyl sites for hydroxylation is 2. The molecule has 1 atom stereocenters. The van der Waals surface area contributed by atoms with Crippen LogP contribution in [0.3, 0.4) is 0 Å². The highest BCUT2D eigenvalue weighted by atomic mass is 19.4. The third-order valence-corrected chi connectivity index (χ3v) is 4.67. The fraction of sp³-hybridized carbons (Fsp3) is 0.600. The van der Waals surface area contributed by atoms with Crippen molar-refractivity contribution in [2.24, 2.45) is 5.41 Å². The summed E-state index contributed by atoms with van der Waals surface area (Å²) in [6, 6.07) is 3.81. The van der Waals surface area contributed by atoms with Gasteiger partial charge in [0.15, 0.2) is 5.41 Å². The van der Waals surface area contributed by atoms with Crippen LogP contribution in [0.15, 0.2) is 12.1 Å². The number of carboxylic acids is 1. The first-order valence-corrected chi connectivity index (χ1v) is 7.32. The second-order valence-corrected chi connectivity index (χ2v) is 6.11. The number of carboxylic acid groups (broad SMARTS) is 1. The molecule has 0 spiro atoms. The average molecular weight is 314 g/mol. The van der Waals surface area contributed by atoms with E-state index in [9.17, 15) is 18.0 Å². The molecule has 4 nitrogen and oxygen atoms in total.